The summed E-state index contributed by atoms with van der Waals surface area (Å²) in [6.07, 6.45) is 4.37. The summed E-state index contributed by atoms with van der Waals surface area (Å²) < 4.78 is 29.7. The Bertz CT molecular complexity index is 821. The van der Waals surface area contributed by atoms with Crippen molar-refractivity contribution in [3.8, 4) is 0 Å². The Morgan fingerprint density at radius 3 is 2.46 bits per heavy atom. The Hall–Kier alpha value is -1.66. The van der Waals surface area contributed by atoms with E-state index in [9.17, 15) is 8.42 Å². The average molecular weight is 347 g/mol. The summed E-state index contributed by atoms with van der Waals surface area (Å²) in [6.45, 7) is 4.40. The van der Waals surface area contributed by atoms with E-state index in [0.29, 0.717) is 10.8 Å². The standard InChI is InChI=1S/C18H25N3O2S/c1-13(2)14-8-10-15(11-9-14)24(22,23)19-12-18-20-16-6-4-5-7-17(16)21(18)3/h8-11,13,19H,4-7,12H2,1-3H3. The summed E-state index contributed by atoms with van der Waals surface area (Å²) in [6, 6.07) is 7.08. The SMILES string of the molecule is CC(C)c1ccc(S(=O)(=O)NCc2nc3c(n2C)CCCC3)cc1. The van der Waals surface area contributed by atoms with Gasteiger partial charge in [-0.05, 0) is 49.3 Å². The van der Waals surface area contributed by atoms with E-state index in [1.54, 1.807) is 12.1 Å². The van der Waals surface area contributed by atoms with Crippen LogP contribution in [-0.4, -0.2) is 18.0 Å². The first kappa shape index (κ1) is 17.2. The predicted molar refractivity (Wildman–Crippen MR) is 94.4 cm³/mol. The number of nitrogens with one attached hydrogen (secondary N) is 1. The fourth-order valence-corrected chi connectivity index (χ4v) is 4.15. The van der Waals surface area contributed by atoms with Crippen molar-refractivity contribution in [2.75, 3.05) is 0 Å². The number of nitrogens with zero attached hydrogens (tertiary/aromatic N) is 2. The van der Waals surface area contributed by atoms with Crippen molar-refractivity contribution in [2.24, 2.45) is 7.05 Å². The van der Waals surface area contributed by atoms with Gasteiger partial charge in [-0.3, -0.25) is 0 Å². The molecule has 0 saturated heterocycles. The van der Waals surface area contributed by atoms with Gasteiger partial charge in [0.2, 0.25) is 10.0 Å². The molecule has 0 radical (unpaired) electrons. The van der Waals surface area contributed by atoms with Crippen LogP contribution in [0, 0.1) is 0 Å². The Balaban J connectivity index is 1.74. The van der Waals surface area contributed by atoms with Gasteiger partial charge in [0.05, 0.1) is 17.1 Å². The maximum absolute atomic E-state index is 12.5. The van der Waals surface area contributed by atoms with E-state index in [1.807, 2.05) is 23.7 Å². The lowest BCUT2D eigenvalue weighted by atomic mass is 10.0. The molecule has 1 aliphatic rings. The van der Waals surface area contributed by atoms with Crippen LogP contribution < -0.4 is 4.72 Å². The van der Waals surface area contributed by atoms with Gasteiger partial charge in [-0.15, -0.1) is 0 Å². The molecule has 1 aromatic heterocycles. The molecular weight excluding hydrogens is 322 g/mol. The maximum atomic E-state index is 12.5. The van der Waals surface area contributed by atoms with E-state index < -0.39 is 10.0 Å². The van der Waals surface area contributed by atoms with Crippen molar-refractivity contribution < 1.29 is 8.42 Å². The van der Waals surface area contributed by atoms with E-state index >= 15 is 0 Å². The fraction of sp³-hybridized carbons (Fsp3) is 0.500. The number of benzene rings is 1. The smallest absolute Gasteiger partial charge is 0.240 e. The number of aryl methyl sites for hydroxylation is 1. The zero-order valence-electron chi connectivity index (χ0n) is 14.5. The number of rotatable bonds is 5. The molecular formula is C18H25N3O2S. The Morgan fingerprint density at radius 2 is 1.83 bits per heavy atom. The molecule has 0 spiro atoms. The fourth-order valence-electron chi connectivity index (χ4n) is 3.17. The third-order valence-electron chi connectivity index (χ3n) is 4.74. The minimum atomic E-state index is -3.52. The normalized spacial score (nSPS) is 14.8. The molecule has 0 fully saturated rings. The van der Waals surface area contributed by atoms with Crippen LogP contribution in [0.25, 0.3) is 0 Å². The first-order valence-corrected chi connectivity index (χ1v) is 10.00. The summed E-state index contributed by atoms with van der Waals surface area (Å²) in [5, 5.41) is 0. The largest absolute Gasteiger partial charge is 0.334 e. The quantitative estimate of drug-likeness (QED) is 0.904. The number of imidazole rings is 1. The van der Waals surface area contributed by atoms with Crippen molar-refractivity contribution in [3.05, 3.63) is 47.0 Å². The number of hydrogen-bond acceptors (Lipinski definition) is 3. The highest BCUT2D eigenvalue weighted by Gasteiger charge is 2.20. The molecule has 1 aliphatic carbocycles. The Morgan fingerprint density at radius 1 is 1.17 bits per heavy atom. The second kappa shape index (κ2) is 6.69. The van der Waals surface area contributed by atoms with E-state index in [4.69, 9.17) is 0 Å². The molecule has 2 aromatic rings. The van der Waals surface area contributed by atoms with Crippen molar-refractivity contribution in [1.29, 1.82) is 0 Å². The van der Waals surface area contributed by atoms with Crippen molar-refractivity contribution in [3.63, 3.8) is 0 Å². The summed E-state index contributed by atoms with van der Waals surface area (Å²) in [7, 11) is -1.55. The molecule has 1 aromatic carbocycles. The van der Waals surface area contributed by atoms with E-state index in [0.717, 1.165) is 36.3 Å². The van der Waals surface area contributed by atoms with Gasteiger partial charge in [0, 0.05) is 12.7 Å². The number of hydrogen-bond donors (Lipinski definition) is 1. The molecule has 0 saturated carbocycles. The molecule has 1 heterocycles. The highest BCUT2D eigenvalue weighted by atomic mass is 32.2. The van der Waals surface area contributed by atoms with Gasteiger partial charge >= 0.3 is 0 Å². The molecule has 0 amide bonds. The second-order valence-corrected chi connectivity index (χ2v) is 8.50. The molecule has 1 N–H and O–H groups in total. The van der Waals surface area contributed by atoms with E-state index in [-0.39, 0.29) is 6.54 Å². The van der Waals surface area contributed by atoms with Crippen LogP contribution in [-0.2, 0) is 36.5 Å². The summed E-state index contributed by atoms with van der Waals surface area (Å²) in [5.74, 6) is 1.16. The second-order valence-electron chi connectivity index (χ2n) is 6.74. The molecule has 0 atom stereocenters. The third-order valence-corrected chi connectivity index (χ3v) is 6.16. The third kappa shape index (κ3) is 3.39. The van der Waals surface area contributed by atoms with Crippen molar-refractivity contribution in [2.45, 2.75) is 56.9 Å². The lowest BCUT2D eigenvalue weighted by molar-refractivity contribution is 0.576. The minimum absolute atomic E-state index is 0.220. The van der Waals surface area contributed by atoms with Crippen LogP contribution in [0.15, 0.2) is 29.2 Å². The molecule has 5 nitrogen and oxygen atoms in total. The van der Waals surface area contributed by atoms with Crippen LogP contribution in [0.5, 0.6) is 0 Å². The van der Waals surface area contributed by atoms with Gasteiger partial charge in [-0.25, -0.2) is 18.1 Å². The van der Waals surface area contributed by atoms with E-state index in [1.165, 1.54) is 12.1 Å². The van der Waals surface area contributed by atoms with Gasteiger partial charge in [-0.2, -0.15) is 0 Å². The molecule has 130 valence electrons. The molecule has 3 rings (SSSR count). The van der Waals surface area contributed by atoms with Crippen molar-refractivity contribution in [1.82, 2.24) is 14.3 Å². The van der Waals surface area contributed by atoms with Crippen LogP contribution in [0.2, 0.25) is 0 Å². The summed E-state index contributed by atoms with van der Waals surface area (Å²) >= 11 is 0. The number of sulfonamides is 1. The minimum Gasteiger partial charge on any atom is -0.334 e. The van der Waals surface area contributed by atoms with Crippen LogP contribution in [0.3, 0.4) is 0 Å². The van der Waals surface area contributed by atoms with Crippen LogP contribution in [0.4, 0.5) is 0 Å². The lowest BCUT2D eigenvalue weighted by Crippen LogP contribution is -2.25. The summed E-state index contributed by atoms with van der Waals surface area (Å²) in [4.78, 5) is 4.92. The zero-order valence-corrected chi connectivity index (χ0v) is 15.4. The predicted octanol–water partition coefficient (Wildman–Crippen LogP) is 2.90. The summed E-state index contributed by atoms with van der Waals surface area (Å²) in [5.41, 5.74) is 3.50. The lowest BCUT2D eigenvalue weighted by Gasteiger charge is -2.12. The van der Waals surface area contributed by atoms with Crippen LogP contribution in [0.1, 0.15) is 55.4 Å². The molecule has 0 bridgehead atoms. The molecule has 24 heavy (non-hydrogen) atoms. The average Bonchev–Trinajstić information content (AvgIpc) is 2.90. The number of fused-ring (bicyclic) bond motifs is 1. The highest BCUT2D eigenvalue weighted by molar-refractivity contribution is 7.89. The van der Waals surface area contributed by atoms with Crippen molar-refractivity contribution >= 4 is 10.0 Å². The number of aromatic nitrogens is 2. The van der Waals surface area contributed by atoms with Gasteiger partial charge in [-0.1, -0.05) is 26.0 Å². The Labute approximate surface area is 144 Å². The van der Waals surface area contributed by atoms with Gasteiger partial charge < -0.3 is 4.57 Å². The van der Waals surface area contributed by atoms with Gasteiger partial charge in [0.15, 0.2) is 0 Å². The first-order valence-electron chi connectivity index (χ1n) is 8.51. The zero-order chi connectivity index (χ0) is 17.3. The highest BCUT2D eigenvalue weighted by Crippen LogP contribution is 2.22. The monoisotopic (exact) mass is 347 g/mol. The van der Waals surface area contributed by atoms with Crippen LogP contribution >= 0.6 is 0 Å². The Kier molecular flexibility index (Phi) is 4.78. The van der Waals surface area contributed by atoms with E-state index in [2.05, 4.69) is 23.6 Å². The maximum Gasteiger partial charge on any atom is 0.240 e. The van der Waals surface area contributed by atoms with Gasteiger partial charge in [0.1, 0.15) is 5.82 Å². The topological polar surface area (TPSA) is 64.0 Å². The molecule has 0 unspecified atom stereocenters. The van der Waals surface area contributed by atoms with Gasteiger partial charge in [0.25, 0.3) is 0 Å². The molecule has 0 aliphatic heterocycles. The molecule has 6 heteroatoms. The first-order chi connectivity index (χ1) is 11.4.